The predicted molar refractivity (Wildman–Crippen MR) is 74.8 cm³/mol. The van der Waals surface area contributed by atoms with Gasteiger partial charge in [0.15, 0.2) is 0 Å². The maximum atomic E-state index is 12.0. The molecule has 0 aromatic heterocycles. The van der Waals surface area contributed by atoms with Gasteiger partial charge < -0.3 is 4.74 Å². The fraction of sp³-hybridized carbons (Fsp3) is 0.917. The molecule has 7 heteroatoms. The zero-order valence-corrected chi connectivity index (χ0v) is 13.3. The van der Waals surface area contributed by atoms with Gasteiger partial charge in [-0.15, -0.1) is 0 Å². The Labute approximate surface area is 116 Å². The predicted octanol–water partition coefficient (Wildman–Crippen LogP) is 0.998. The van der Waals surface area contributed by atoms with Crippen LogP contribution in [0, 0.1) is 11.8 Å². The standard InChI is InChI=1S/C12H26N2O4S/c1-6-14(7-2)19(16,17)13-9-11(8-10(3)4)12(15)18-5/h10-11,13H,6-9H2,1-5H3/t11-/m0/s1. The SMILES string of the molecule is CCN(CC)S(=O)(=O)NC[C@H](CC(C)C)C(=O)OC. The van der Waals surface area contributed by atoms with Gasteiger partial charge >= 0.3 is 5.97 Å². The lowest BCUT2D eigenvalue weighted by Gasteiger charge is -2.22. The molecule has 0 radical (unpaired) electrons. The molecular weight excluding hydrogens is 268 g/mol. The normalized spacial score (nSPS) is 13.8. The van der Waals surface area contributed by atoms with E-state index in [4.69, 9.17) is 4.74 Å². The van der Waals surface area contributed by atoms with E-state index < -0.39 is 16.1 Å². The van der Waals surface area contributed by atoms with E-state index in [0.717, 1.165) is 0 Å². The third-order valence-electron chi connectivity index (χ3n) is 2.85. The van der Waals surface area contributed by atoms with Gasteiger partial charge in [0.1, 0.15) is 0 Å². The molecule has 0 bridgehead atoms. The van der Waals surface area contributed by atoms with E-state index in [-0.39, 0.29) is 12.5 Å². The molecule has 0 unspecified atom stereocenters. The summed E-state index contributed by atoms with van der Waals surface area (Å²) in [6.07, 6.45) is 0.591. The number of nitrogens with one attached hydrogen (secondary N) is 1. The van der Waals surface area contributed by atoms with E-state index in [9.17, 15) is 13.2 Å². The summed E-state index contributed by atoms with van der Waals surface area (Å²) >= 11 is 0. The van der Waals surface area contributed by atoms with Crippen LogP contribution in [0.1, 0.15) is 34.1 Å². The maximum absolute atomic E-state index is 12.0. The highest BCUT2D eigenvalue weighted by Crippen LogP contribution is 2.13. The average Bonchev–Trinajstić information content (AvgIpc) is 2.34. The molecule has 0 saturated carbocycles. The Kier molecular flexibility index (Phi) is 8.20. The number of nitrogens with zero attached hydrogens (tertiary/aromatic N) is 1. The summed E-state index contributed by atoms with van der Waals surface area (Å²) in [6.45, 7) is 8.38. The number of methoxy groups -OCH3 is 1. The van der Waals surface area contributed by atoms with Gasteiger partial charge in [-0.1, -0.05) is 27.7 Å². The number of hydrogen-bond acceptors (Lipinski definition) is 4. The lowest BCUT2D eigenvalue weighted by atomic mass is 9.97. The third kappa shape index (κ3) is 6.35. The molecule has 0 aromatic rings. The zero-order chi connectivity index (χ0) is 15.1. The molecule has 0 amide bonds. The molecule has 0 saturated heterocycles. The number of ether oxygens (including phenoxy) is 1. The lowest BCUT2D eigenvalue weighted by molar-refractivity contribution is -0.145. The fourth-order valence-corrected chi connectivity index (χ4v) is 3.13. The van der Waals surface area contributed by atoms with Crippen molar-refractivity contribution in [3.05, 3.63) is 0 Å². The number of rotatable bonds is 9. The topological polar surface area (TPSA) is 75.7 Å². The van der Waals surface area contributed by atoms with Gasteiger partial charge in [-0.25, -0.2) is 4.72 Å². The number of carbonyl (C=O) groups excluding carboxylic acids is 1. The van der Waals surface area contributed by atoms with Crippen LogP contribution in [-0.4, -0.2) is 45.4 Å². The molecule has 1 N–H and O–H groups in total. The highest BCUT2D eigenvalue weighted by Gasteiger charge is 2.25. The minimum Gasteiger partial charge on any atom is -0.469 e. The highest BCUT2D eigenvalue weighted by atomic mass is 32.2. The van der Waals surface area contributed by atoms with Crippen molar-refractivity contribution in [2.45, 2.75) is 34.1 Å². The molecule has 0 aliphatic rings. The molecule has 1 atom stereocenters. The molecule has 0 aliphatic carbocycles. The summed E-state index contributed by atoms with van der Waals surface area (Å²) in [7, 11) is -2.21. The van der Waals surface area contributed by atoms with Crippen LogP contribution in [0.4, 0.5) is 0 Å². The second kappa shape index (κ2) is 8.50. The zero-order valence-electron chi connectivity index (χ0n) is 12.5. The number of esters is 1. The van der Waals surface area contributed by atoms with Gasteiger partial charge in [-0.05, 0) is 12.3 Å². The van der Waals surface area contributed by atoms with Gasteiger partial charge in [-0.3, -0.25) is 4.79 Å². The summed E-state index contributed by atoms with van der Waals surface area (Å²) in [5, 5.41) is 0. The van der Waals surface area contributed by atoms with E-state index in [1.807, 2.05) is 13.8 Å². The Morgan fingerprint density at radius 2 is 1.79 bits per heavy atom. The van der Waals surface area contributed by atoms with E-state index >= 15 is 0 Å². The molecule has 6 nitrogen and oxygen atoms in total. The number of carbonyl (C=O) groups is 1. The minimum absolute atomic E-state index is 0.0731. The van der Waals surface area contributed by atoms with Crippen LogP contribution in [0.5, 0.6) is 0 Å². The quantitative estimate of drug-likeness (QED) is 0.644. The Bertz CT molecular complexity index is 364. The smallest absolute Gasteiger partial charge is 0.309 e. The first-order valence-electron chi connectivity index (χ1n) is 6.60. The molecule has 0 heterocycles. The Balaban J connectivity index is 4.66. The fourth-order valence-electron chi connectivity index (χ4n) is 1.86. The van der Waals surface area contributed by atoms with E-state index in [2.05, 4.69) is 4.72 Å². The Morgan fingerprint density at radius 3 is 2.16 bits per heavy atom. The molecule has 0 spiro atoms. The van der Waals surface area contributed by atoms with Gasteiger partial charge in [-0.2, -0.15) is 12.7 Å². The summed E-state index contributed by atoms with van der Waals surface area (Å²) in [5.74, 6) is -0.534. The van der Waals surface area contributed by atoms with Crippen LogP contribution in [0.2, 0.25) is 0 Å². The van der Waals surface area contributed by atoms with Crippen molar-refractivity contribution in [1.29, 1.82) is 0 Å². The second-order valence-corrected chi connectivity index (χ2v) is 6.54. The molecule has 0 rings (SSSR count). The van der Waals surface area contributed by atoms with Crippen molar-refractivity contribution >= 4 is 16.2 Å². The molecule has 19 heavy (non-hydrogen) atoms. The van der Waals surface area contributed by atoms with Gasteiger partial charge in [0.2, 0.25) is 0 Å². The van der Waals surface area contributed by atoms with Crippen molar-refractivity contribution in [2.24, 2.45) is 11.8 Å². The highest BCUT2D eigenvalue weighted by molar-refractivity contribution is 7.87. The van der Waals surface area contributed by atoms with E-state index in [1.165, 1.54) is 11.4 Å². The first-order chi connectivity index (χ1) is 8.78. The average molecular weight is 294 g/mol. The van der Waals surface area contributed by atoms with Gasteiger partial charge in [0, 0.05) is 19.6 Å². The van der Waals surface area contributed by atoms with Crippen molar-refractivity contribution in [2.75, 3.05) is 26.7 Å². The van der Waals surface area contributed by atoms with Crippen molar-refractivity contribution in [3.8, 4) is 0 Å². The van der Waals surface area contributed by atoms with Crippen LogP contribution < -0.4 is 4.72 Å². The van der Waals surface area contributed by atoms with Crippen LogP contribution >= 0.6 is 0 Å². The minimum atomic E-state index is -3.52. The molecule has 0 aliphatic heterocycles. The third-order valence-corrected chi connectivity index (χ3v) is 4.58. The summed E-state index contributed by atoms with van der Waals surface area (Å²) in [6, 6.07) is 0. The molecule has 0 aromatic carbocycles. The van der Waals surface area contributed by atoms with Gasteiger partial charge in [0.05, 0.1) is 13.0 Å². The van der Waals surface area contributed by atoms with Gasteiger partial charge in [0.25, 0.3) is 10.2 Å². The number of hydrogen-bond donors (Lipinski definition) is 1. The monoisotopic (exact) mass is 294 g/mol. The van der Waals surface area contributed by atoms with Crippen molar-refractivity contribution < 1.29 is 17.9 Å². The van der Waals surface area contributed by atoms with E-state index in [1.54, 1.807) is 13.8 Å². The largest absolute Gasteiger partial charge is 0.469 e. The van der Waals surface area contributed by atoms with Crippen molar-refractivity contribution in [1.82, 2.24) is 9.03 Å². The van der Waals surface area contributed by atoms with E-state index in [0.29, 0.717) is 25.4 Å². The molecule has 0 fully saturated rings. The van der Waals surface area contributed by atoms with Crippen LogP contribution in [-0.2, 0) is 19.7 Å². The summed E-state index contributed by atoms with van der Waals surface area (Å²) in [5.41, 5.74) is 0. The Morgan fingerprint density at radius 1 is 1.26 bits per heavy atom. The lowest BCUT2D eigenvalue weighted by Crippen LogP contribution is -2.43. The summed E-state index contributed by atoms with van der Waals surface area (Å²) in [4.78, 5) is 11.6. The second-order valence-electron chi connectivity index (χ2n) is 4.79. The first kappa shape index (κ1) is 18.3. The Hall–Kier alpha value is -0.660. The summed E-state index contributed by atoms with van der Waals surface area (Å²) < 4.78 is 32.4. The maximum Gasteiger partial charge on any atom is 0.309 e. The molecule has 114 valence electrons. The first-order valence-corrected chi connectivity index (χ1v) is 8.04. The van der Waals surface area contributed by atoms with Crippen LogP contribution in [0.3, 0.4) is 0 Å². The van der Waals surface area contributed by atoms with Crippen LogP contribution in [0.15, 0.2) is 0 Å². The van der Waals surface area contributed by atoms with Crippen LogP contribution in [0.25, 0.3) is 0 Å². The molecular formula is C12H26N2O4S. The van der Waals surface area contributed by atoms with Crippen molar-refractivity contribution in [3.63, 3.8) is 0 Å².